The van der Waals surface area contributed by atoms with Crippen LogP contribution in [0.1, 0.15) is 24.1 Å². The molecule has 0 amide bonds. The van der Waals surface area contributed by atoms with E-state index in [4.69, 9.17) is 28.9 Å². The Morgan fingerprint density at radius 3 is 2.50 bits per heavy atom. The minimum absolute atomic E-state index is 0.617. The number of aryl methyl sites for hydroxylation is 2. The zero-order valence-corrected chi connectivity index (χ0v) is 20.0. The number of unbranched alkanes of at least 4 members (excludes halogenated alkanes) is 1. The van der Waals surface area contributed by atoms with Crippen molar-refractivity contribution in [1.82, 2.24) is 9.88 Å². The molecule has 1 saturated heterocycles. The third-order valence-corrected chi connectivity index (χ3v) is 7.05. The van der Waals surface area contributed by atoms with Gasteiger partial charge in [0.1, 0.15) is 0 Å². The highest BCUT2D eigenvalue weighted by Gasteiger charge is 2.19. The minimum atomic E-state index is 0.617. The van der Waals surface area contributed by atoms with Crippen molar-refractivity contribution >= 4 is 34.6 Å². The Balaban J connectivity index is 1.23. The summed E-state index contributed by atoms with van der Waals surface area (Å²) in [5.41, 5.74) is 12.7. The molecule has 2 N–H and O–H groups in total. The van der Waals surface area contributed by atoms with Crippen molar-refractivity contribution in [3.8, 4) is 11.1 Å². The Labute approximate surface area is 201 Å². The molecular formula is C26H30Cl2N4. The molecule has 0 bridgehead atoms. The normalized spacial score (nSPS) is 14.7. The van der Waals surface area contributed by atoms with Gasteiger partial charge in [0.15, 0.2) is 0 Å². The summed E-state index contributed by atoms with van der Waals surface area (Å²) in [5.74, 6) is 0. The fourth-order valence-corrected chi connectivity index (χ4v) is 4.76. The molecule has 1 fully saturated rings. The molecule has 0 spiro atoms. The third-order valence-electron chi connectivity index (χ3n) is 6.24. The maximum atomic E-state index is 6.39. The van der Waals surface area contributed by atoms with Crippen LogP contribution >= 0.6 is 23.2 Å². The second-order valence-corrected chi connectivity index (χ2v) is 9.22. The summed E-state index contributed by atoms with van der Waals surface area (Å²) in [4.78, 5) is 9.52. The van der Waals surface area contributed by atoms with Crippen LogP contribution in [0.25, 0.3) is 11.1 Å². The van der Waals surface area contributed by atoms with E-state index in [1.807, 2.05) is 24.4 Å². The number of hydrogen-bond donors (Lipinski definition) is 1. The first-order chi connectivity index (χ1) is 15.5. The van der Waals surface area contributed by atoms with E-state index in [0.717, 1.165) is 74.6 Å². The van der Waals surface area contributed by atoms with Crippen LogP contribution < -0.4 is 10.6 Å². The molecule has 3 aromatic rings. The maximum Gasteiger partial charge on any atom is 0.0825 e. The van der Waals surface area contributed by atoms with E-state index >= 15 is 0 Å². The van der Waals surface area contributed by atoms with Crippen molar-refractivity contribution in [1.29, 1.82) is 0 Å². The van der Waals surface area contributed by atoms with Crippen LogP contribution in [0, 0.1) is 6.92 Å². The smallest absolute Gasteiger partial charge is 0.0825 e. The fraction of sp³-hybridized carbons (Fsp3) is 0.346. The standard InChI is InChI=1S/C26H30Cl2N4/c1-19-7-2-3-8-21(19)20-17-23(29)24(30-18-20)10-4-5-12-31-13-15-32(16-14-31)25-11-6-9-22(27)26(25)28/h2-3,6-9,11,17-18H,4-5,10,12-16,29H2,1H3. The Morgan fingerprint density at radius 1 is 0.969 bits per heavy atom. The summed E-state index contributed by atoms with van der Waals surface area (Å²) in [6.45, 7) is 7.22. The van der Waals surface area contributed by atoms with Crippen LogP contribution in [0.15, 0.2) is 54.7 Å². The second kappa shape index (κ2) is 10.6. The first-order valence-electron chi connectivity index (χ1n) is 11.2. The molecule has 32 heavy (non-hydrogen) atoms. The van der Waals surface area contributed by atoms with Gasteiger partial charge in [-0.2, -0.15) is 0 Å². The van der Waals surface area contributed by atoms with E-state index in [0.29, 0.717) is 10.0 Å². The lowest BCUT2D eigenvalue weighted by Gasteiger charge is -2.36. The molecule has 2 heterocycles. The molecule has 0 saturated carbocycles. The first-order valence-corrected chi connectivity index (χ1v) is 12.0. The molecule has 1 aliphatic rings. The van der Waals surface area contributed by atoms with Gasteiger partial charge in [0.2, 0.25) is 0 Å². The lowest BCUT2D eigenvalue weighted by molar-refractivity contribution is 0.253. The Hall–Kier alpha value is -2.27. The van der Waals surface area contributed by atoms with Crippen molar-refractivity contribution in [3.63, 3.8) is 0 Å². The van der Waals surface area contributed by atoms with Gasteiger partial charge < -0.3 is 10.6 Å². The lowest BCUT2D eigenvalue weighted by atomic mass is 10.0. The van der Waals surface area contributed by atoms with Crippen LogP contribution in [0.5, 0.6) is 0 Å². The van der Waals surface area contributed by atoms with E-state index in [1.54, 1.807) is 0 Å². The number of piperazine rings is 1. The van der Waals surface area contributed by atoms with Gasteiger partial charge in [0.05, 0.1) is 27.1 Å². The average Bonchev–Trinajstić information content (AvgIpc) is 2.80. The summed E-state index contributed by atoms with van der Waals surface area (Å²) in [5, 5.41) is 1.27. The van der Waals surface area contributed by atoms with Crippen LogP contribution in [0.3, 0.4) is 0 Å². The number of benzene rings is 2. The highest BCUT2D eigenvalue weighted by atomic mass is 35.5. The number of nitrogens with two attached hydrogens (primary N) is 1. The van der Waals surface area contributed by atoms with E-state index in [1.165, 1.54) is 11.1 Å². The minimum Gasteiger partial charge on any atom is -0.397 e. The molecule has 168 valence electrons. The number of nitrogens with zero attached hydrogens (tertiary/aromatic N) is 3. The summed E-state index contributed by atoms with van der Waals surface area (Å²) in [7, 11) is 0. The van der Waals surface area contributed by atoms with E-state index in [9.17, 15) is 0 Å². The maximum absolute atomic E-state index is 6.39. The van der Waals surface area contributed by atoms with E-state index < -0.39 is 0 Å². The van der Waals surface area contributed by atoms with Crippen molar-refractivity contribution in [2.24, 2.45) is 0 Å². The van der Waals surface area contributed by atoms with Crippen LogP contribution in [-0.2, 0) is 6.42 Å². The predicted octanol–water partition coefficient (Wildman–Crippen LogP) is 6.09. The zero-order valence-electron chi connectivity index (χ0n) is 18.5. The second-order valence-electron chi connectivity index (χ2n) is 8.43. The van der Waals surface area contributed by atoms with Gasteiger partial charge in [-0.05, 0) is 62.1 Å². The molecule has 0 unspecified atom stereocenters. The van der Waals surface area contributed by atoms with Gasteiger partial charge in [0, 0.05) is 37.9 Å². The van der Waals surface area contributed by atoms with Gasteiger partial charge >= 0.3 is 0 Å². The summed E-state index contributed by atoms with van der Waals surface area (Å²) in [6.07, 6.45) is 5.09. The number of hydrogen-bond acceptors (Lipinski definition) is 4. The number of pyridine rings is 1. The number of anilines is 2. The van der Waals surface area contributed by atoms with Crippen LogP contribution in [0.4, 0.5) is 11.4 Å². The van der Waals surface area contributed by atoms with E-state index in [2.05, 4.69) is 52.0 Å². The fourth-order valence-electron chi connectivity index (χ4n) is 4.34. The molecule has 0 atom stereocenters. The molecule has 0 aliphatic carbocycles. The summed E-state index contributed by atoms with van der Waals surface area (Å²) < 4.78 is 0. The van der Waals surface area contributed by atoms with Gasteiger partial charge in [-0.15, -0.1) is 0 Å². The lowest BCUT2D eigenvalue weighted by Crippen LogP contribution is -2.46. The Morgan fingerprint density at radius 2 is 1.75 bits per heavy atom. The monoisotopic (exact) mass is 468 g/mol. The number of nitrogen functional groups attached to an aromatic ring is 1. The van der Waals surface area contributed by atoms with Crippen molar-refractivity contribution in [2.45, 2.75) is 26.2 Å². The van der Waals surface area contributed by atoms with Crippen LogP contribution in [0.2, 0.25) is 10.0 Å². The zero-order chi connectivity index (χ0) is 22.5. The highest BCUT2D eigenvalue weighted by Crippen LogP contribution is 2.33. The molecule has 0 radical (unpaired) electrons. The summed E-state index contributed by atoms with van der Waals surface area (Å²) >= 11 is 12.6. The van der Waals surface area contributed by atoms with E-state index in [-0.39, 0.29) is 0 Å². The molecule has 4 nitrogen and oxygen atoms in total. The van der Waals surface area contributed by atoms with Gasteiger partial charge in [-0.25, -0.2) is 0 Å². The SMILES string of the molecule is Cc1ccccc1-c1cnc(CCCCN2CCN(c3cccc(Cl)c3Cl)CC2)c(N)c1. The van der Waals surface area contributed by atoms with Crippen molar-refractivity contribution in [2.75, 3.05) is 43.4 Å². The number of rotatable bonds is 7. The predicted molar refractivity (Wildman–Crippen MR) is 137 cm³/mol. The largest absolute Gasteiger partial charge is 0.397 e. The average molecular weight is 469 g/mol. The summed E-state index contributed by atoms with van der Waals surface area (Å²) in [6, 6.07) is 16.2. The van der Waals surface area contributed by atoms with Gasteiger partial charge in [-0.3, -0.25) is 9.88 Å². The topological polar surface area (TPSA) is 45.4 Å². The number of aromatic nitrogens is 1. The number of halogens is 2. The first kappa shape index (κ1) is 22.9. The molecule has 4 rings (SSSR count). The van der Waals surface area contributed by atoms with Crippen LogP contribution in [-0.4, -0.2) is 42.6 Å². The molecular weight excluding hydrogens is 439 g/mol. The Bertz CT molecular complexity index is 1060. The molecule has 2 aromatic carbocycles. The van der Waals surface area contributed by atoms with Gasteiger partial charge in [0.25, 0.3) is 0 Å². The molecule has 6 heteroatoms. The quantitative estimate of drug-likeness (QED) is 0.426. The molecule has 1 aromatic heterocycles. The van der Waals surface area contributed by atoms with Crippen molar-refractivity contribution in [3.05, 3.63) is 76.0 Å². The van der Waals surface area contributed by atoms with Gasteiger partial charge in [-0.1, -0.05) is 53.5 Å². The Kier molecular flexibility index (Phi) is 7.56. The molecule has 1 aliphatic heterocycles. The third kappa shape index (κ3) is 5.37. The highest BCUT2D eigenvalue weighted by molar-refractivity contribution is 6.43. The van der Waals surface area contributed by atoms with Crippen molar-refractivity contribution < 1.29 is 0 Å².